The van der Waals surface area contributed by atoms with Crippen molar-refractivity contribution in [1.29, 1.82) is 0 Å². The van der Waals surface area contributed by atoms with Gasteiger partial charge in [0.05, 0.1) is 17.6 Å². The van der Waals surface area contributed by atoms with Crippen LogP contribution in [0.1, 0.15) is 12.5 Å². The third-order valence-electron chi connectivity index (χ3n) is 3.27. The lowest BCUT2D eigenvalue weighted by Gasteiger charge is -2.13. The van der Waals surface area contributed by atoms with Gasteiger partial charge in [0.15, 0.2) is 0 Å². The van der Waals surface area contributed by atoms with Crippen molar-refractivity contribution >= 4 is 10.0 Å². The van der Waals surface area contributed by atoms with E-state index >= 15 is 0 Å². The number of hydrogen-bond acceptors (Lipinski definition) is 4. The Balaban J connectivity index is 1.92. The number of aliphatic hydroxyl groups is 1. The summed E-state index contributed by atoms with van der Waals surface area (Å²) in [4.78, 5) is 0.146. The molecule has 0 aliphatic heterocycles. The number of rotatable bonds is 8. The van der Waals surface area contributed by atoms with E-state index in [2.05, 4.69) is 4.72 Å². The van der Waals surface area contributed by atoms with Crippen molar-refractivity contribution in [3.8, 4) is 5.75 Å². The Kier molecular flexibility index (Phi) is 6.15. The second-order valence-corrected chi connectivity index (χ2v) is 6.87. The van der Waals surface area contributed by atoms with E-state index < -0.39 is 16.1 Å². The van der Waals surface area contributed by atoms with Crippen molar-refractivity contribution in [2.75, 3.05) is 13.2 Å². The summed E-state index contributed by atoms with van der Waals surface area (Å²) in [6, 6.07) is 15.6. The van der Waals surface area contributed by atoms with Gasteiger partial charge in [-0.15, -0.1) is 0 Å². The standard InChI is InChI=1S/C17H21NO4S/c1-2-22-16-8-10-17(11-9-16)23(20,21)18-13-15(19)12-14-6-4-3-5-7-14/h3-11,15,18-19H,2,12-13H2,1H3/t15-/m0/s1. The van der Waals surface area contributed by atoms with E-state index in [1.807, 2.05) is 37.3 Å². The minimum Gasteiger partial charge on any atom is -0.494 e. The summed E-state index contributed by atoms with van der Waals surface area (Å²) in [7, 11) is -3.64. The van der Waals surface area contributed by atoms with Crippen molar-refractivity contribution in [3.05, 3.63) is 60.2 Å². The minimum absolute atomic E-state index is 0.0373. The van der Waals surface area contributed by atoms with Crippen LogP contribution in [-0.4, -0.2) is 32.8 Å². The molecule has 0 saturated carbocycles. The average molecular weight is 335 g/mol. The largest absolute Gasteiger partial charge is 0.494 e. The summed E-state index contributed by atoms with van der Waals surface area (Å²) in [5.74, 6) is 0.621. The van der Waals surface area contributed by atoms with E-state index in [-0.39, 0.29) is 11.4 Å². The molecule has 2 aromatic carbocycles. The molecular formula is C17H21NO4S. The topological polar surface area (TPSA) is 75.6 Å². The highest BCUT2D eigenvalue weighted by Crippen LogP contribution is 2.15. The molecule has 0 unspecified atom stereocenters. The number of benzene rings is 2. The Labute approximate surface area is 137 Å². The molecule has 0 fully saturated rings. The normalized spacial score (nSPS) is 12.8. The smallest absolute Gasteiger partial charge is 0.240 e. The first kappa shape index (κ1) is 17.5. The van der Waals surface area contributed by atoms with Crippen LogP contribution in [0.3, 0.4) is 0 Å². The van der Waals surface area contributed by atoms with E-state index in [0.717, 1.165) is 5.56 Å². The van der Waals surface area contributed by atoms with Crippen molar-refractivity contribution in [1.82, 2.24) is 4.72 Å². The number of aliphatic hydroxyl groups excluding tert-OH is 1. The summed E-state index contributed by atoms with van der Waals surface area (Å²) in [6.07, 6.45) is -0.387. The molecule has 2 N–H and O–H groups in total. The van der Waals surface area contributed by atoms with Crippen LogP contribution < -0.4 is 9.46 Å². The van der Waals surface area contributed by atoms with Crippen molar-refractivity contribution in [3.63, 3.8) is 0 Å². The third-order valence-corrected chi connectivity index (χ3v) is 4.71. The van der Waals surface area contributed by atoms with Gasteiger partial charge < -0.3 is 9.84 Å². The monoisotopic (exact) mass is 335 g/mol. The first-order valence-corrected chi connectivity index (χ1v) is 8.94. The third kappa shape index (κ3) is 5.35. The molecule has 124 valence electrons. The Morgan fingerprint density at radius 3 is 2.35 bits per heavy atom. The van der Waals surface area contributed by atoms with E-state index in [0.29, 0.717) is 18.8 Å². The second kappa shape index (κ2) is 8.10. The molecule has 0 heterocycles. The molecule has 2 rings (SSSR count). The fourth-order valence-electron chi connectivity index (χ4n) is 2.13. The predicted octanol–water partition coefficient (Wildman–Crippen LogP) is 1.97. The van der Waals surface area contributed by atoms with Crippen LogP contribution in [0, 0.1) is 0 Å². The van der Waals surface area contributed by atoms with E-state index in [1.165, 1.54) is 12.1 Å². The van der Waals surface area contributed by atoms with Gasteiger partial charge in [0.25, 0.3) is 0 Å². The number of hydrogen-bond donors (Lipinski definition) is 2. The molecule has 5 nitrogen and oxygen atoms in total. The van der Waals surface area contributed by atoms with Crippen LogP contribution in [0.2, 0.25) is 0 Å². The number of sulfonamides is 1. The van der Waals surface area contributed by atoms with E-state index in [9.17, 15) is 13.5 Å². The van der Waals surface area contributed by atoms with Crippen LogP contribution in [0.25, 0.3) is 0 Å². The van der Waals surface area contributed by atoms with Crippen LogP contribution in [0.5, 0.6) is 5.75 Å². The van der Waals surface area contributed by atoms with Crippen LogP contribution >= 0.6 is 0 Å². The average Bonchev–Trinajstić information content (AvgIpc) is 2.55. The summed E-state index contributed by atoms with van der Waals surface area (Å²) in [5, 5.41) is 9.98. The predicted molar refractivity (Wildman–Crippen MR) is 89.0 cm³/mol. The minimum atomic E-state index is -3.64. The van der Waals surface area contributed by atoms with Crippen molar-refractivity contribution < 1.29 is 18.3 Å². The molecule has 6 heteroatoms. The lowest BCUT2D eigenvalue weighted by molar-refractivity contribution is 0.179. The zero-order valence-corrected chi connectivity index (χ0v) is 13.8. The maximum atomic E-state index is 12.2. The summed E-state index contributed by atoms with van der Waals surface area (Å²) in [5.41, 5.74) is 0.959. The first-order chi connectivity index (χ1) is 11.0. The van der Waals surface area contributed by atoms with E-state index in [1.54, 1.807) is 12.1 Å². The van der Waals surface area contributed by atoms with Crippen molar-refractivity contribution in [2.24, 2.45) is 0 Å². The van der Waals surface area contributed by atoms with Gasteiger partial charge >= 0.3 is 0 Å². The van der Waals surface area contributed by atoms with Crippen LogP contribution in [0.4, 0.5) is 0 Å². The first-order valence-electron chi connectivity index (χ1n) is 7.46. The van der Waals surface area contributed by atoms with Gasteiger partial charge in [-0.05, 0) is 43.2 Å². The summed E-state index contributed by atoms with van der Waals surface area (Å²) >= 11 is 0. The lowest BCUT2D eigenvalue weighted by atomic mass is 10.1. The fraction of sp³-hybridized carbons (Fsp3) is 0.294. The Hall–Kier alpha value is -1.89. The quantitative estimate of drug-likeness (QED) is 0.773. The fourth-order valence-corrected chi connectivity index (χ4v) is 3.20. The van der Waals surface area contributed by atoms with E-state index in [4.69, 9.17) is 4.74 Å². The highest BCUT2D eigenvalue weighted by molar-refractivity contribution is 7.89. The van der Waals surface area contributed by atoms with Crippen LogP contribution in [0.15, 0.2) is 59.5 Å². The second-order valence-electron chi connectivity index (χ2n) is 5.10. The Morgan fingerprint density at radius 2 is 1.74 bits per heavy atom. The zero-order chi connectivity index (χ0) is 16.7. The number of nitrogens with one attached hydrogen (secondary N) is 1. The van der Waals surface area contributed by atoms with Gasteiger partial charge in [0.2, 0.25) is 10.0 Å². The molecule has 0 spiro atoms. The molecular weight excluding hydrogens is 314 g/mol. The van der Waals surface area contributed by atoms with Gasteiger partial charge in [-0.1, -0.05) is 30.3 Å². The highest BCUT2D eigenvalue weighted by atomic mass is 32.2. The van der Waals surface area contributed by atoms with Crippen molar-refractivity contribution in [2.45, 2.75) is 24.3 Å². The molecule has 0 radical (unpaired) electrons. The Bertz CT molecular complexity index is 699. The van der Waals surface area contributed by atoms with Gasteiger partial charge in [0.1, 0.15) is 5.75 Å². The summed E-state index contributed by atoms with van der Waals surface area (Å²) in [6.45, 7) is 2.35. The molecule has 0 bridgehead atoms. The molecule has 23 heavy (non-hydrogen) atoms. The van der Waals surface area contributed by atoms with Crippen LogP contribution in [-0.2, 0) is 16.4 Å². The zero-order valence-electron chi connectivity index (χ0n) is 13.0. The molecule has 0 aromatic heterocycles. The SMILES string of the molecule is CCOc1ccc(S(=O)(=O)NC[C@@H](O)Cc2ccccc2)cc1. The summed E-state index contributed by atoms with van der Waals surface area (Å²) < 4.78 is 32.1. The molecule has 1 atom stereocenters. The maximum Gasteiger partial charge on any atom is 0.240 e. The highest BCUT2D eigenvalue weighted by Gasteiger charge is 2.16. The molecule has 0 saturated heterocycles. The van der Waals surface area contributed by atoms with Gasteiger partial charge in [0, 0.05) is 6.54 Å². The van der Waals surface area contributed by atoms with Gasteiger partial charge in [-0.2, -0.15) is 0 Å². The number of ether oxygens (including phenoxy) is 1. The Morgan fingerprint density at radius 1 is 1.09 bits per heavy atom. The molecule has 2 aromatic rings. The molecule has 0 aliphatic carbocycles. The molecule has 0 amide bonds. The van der Waals surface area contributed by atoms with Gasteiger partial charge in [-0.3, -0.25) is 0 Å². The molecule has 0 aliphatic rings. The maximum absolute atomic E-state index is 12.2. The lowest BCUT2D eigenvalue weighted by Crippen LogP contribution is -2.33. The van der Waals surface area contributed by atoms with Gasteiger partial charge in [-0.25, -0.2) is 13.1 Å².